The Bertz CT molecular complexity index is 1330. The predicted molar refractivity (Wildman–Crippen MR) is 130 cm³/mol. The lowest BCUT2D eigenvalue weighted by Crippen LogP contribution is -2.29. The number of carbonyl (C=O) groups is 2. The van der Waals surface area contributed by atoms with Crippen molar-refractivity contribution in [2.45, 2.75) is 12.6 Å². The lowest BCUT2D eigenvalue weighted by molar-refractivity contribution is -0.140. The van der Waals surface area contributed by atoms with E-state index in [0.717, 1.165) is 0 Å². The van der Waals surface area contributed by atoms with Crippen LogP contribution >= 0.6 is 23.2 Å². The van der Waals surface area contributed by atoms with Crippen LogP contribution in [0.1, 0.15) is 22.9 Å². The first-order valence-electron chi connectivity index (χ1n) is 10.4. The number of likely N-dealkylation sites (tertiary alicyclic amines) is 1. The molecule has 1 amide bonds. The van der Waals surface area contributed by atoms with E-state index in [9.17, 15) is 19.8 Å². The highest BCUT2D eigenvalue weighted by Crippen LogP contribution is 2.47. The number of halogens is 2. The van der Waals surface area contributed by atoms with Crippen molar-refractivity contribution < 1.29 is 29.3 Å². The minimum atomic E-state index is -0.984. The quantitative estimate of drug-likeness (QED) is 0.278. The minimum Gasteiger partial charge on any atom is -0.508 e. The number of phenolic OH excluding ortho intramolecular Hbond substituents is 1. The molecule has 1 saturated heterocycles. The van der Waals surface area contributed by atoms with E-state index in [1.54, 1.807) is 36.5 Å². The van der Waals surface area contributed by atoms with Crippen LogP contribution in [0.25, 0.3) is 5.76 Å². The largest absolute Gasteiger partial charge is 0.508 e. The van der Waals surface area contributed by atoms with Crippen molar-refractivity contribution in [2.24, 2.45) is 0 Å². The molecule has 1 unspecified atom stereocenters. The number of aromatic nitrogens is 1. The van der Waals surface area contributed by atoms with Crippen LogP contribution < -0.4 is 9.47 Å². The van der Waals surface area contributed by atoms with E-state index in [4.69, 9.17) is 32.7 Å². The van der Waals surface area contributed by atoms with E-state index in [1.165, 1.54) is 37.3 Å². The third kappa shape index (κ3) is 4.38. The molecule has 0 spiro atoms. The summed E-state index contributed by atoms with van der Waals surface area (Å²) in [6.07, 6.45) is 1.58. The average molecular weight is 515 g/mol. The molecule has 2 aromatic carbocycles. The molecule has 2 heterocycles. The van der Waals surface area contributed by atoms with E-state index in [0.29, 0.717) is 11.3 Å². The summed E-state index contributed by atoms with van der Waals surface area (Å²) in [7, 11) is 2.71. The lowest BCUT2D eigenvalue weighted by atomic mass is 9.94. The maximum atomic E-state index is 13.3. The van der Waals surface area contributed by atoms with Gasteiger partial charge in [0.05, 0.1) is 48.7 Å². The number of pyridine rings is 1. The Morgan fingerprint density at radius 3 is 2.34 bits per heavy atom. The molecule has 180 valence electrons. The minimum absolute atomic E-state index is 0.00538. The van der Waals surface area contributed by atoms with Gasteiger partial charge in [-0.2, -0.15) is 0 Å². The fourth-order valence-corrected chi connectivity index (χ4v) is 4.69. The molecule has 2 N–H and O–H groups in total. The van der Waals surface area contributed by atoms with Gasteiger partial charge in [0, 0.05) is 6.20 Å². The van der Waals surface area contributed by atoms with Crippen LogP contribution in [0.15, 0.2) is 60.3 Å². The Morgan fingerprint density at radius 1 is 1.06 bits per heavy atom. The van der Waals surface area contributed by atoms with Gasteiger partial charge >= 0.3 is 0 Å². The van der Waals surface area contributed by atoms with Crippen LogP contribution in [0.4, 0.5) is 0 Å². The van der Waals surface area contributed by atoms with Gasteiger partial charge in [0.25, 0.3) is 11.7 Å². The molecule has 1 aliphatic heterocycles. The Balaban J connectivity index is 1.94. The fourth-order valence-electron chi connectivity index (χ4n) is 4.00. The molecule has 0 radical (unpaired) electrons. The molecule has 35 heavy (non-hydrogen) atoms. The Kier molecular flexibility index (Phi) is 6.86. The number of aromatic hydroxyl groups is 1. The van der Waals surface area contributed by atoms with Gasteiger partial charge in [-0.25, -0.2) is 0 Å². The number of nitrogens with zero attached hydrogens (tertiary/aromatic N) is 2. The Hall–Kier alpha value is -3.75. The van der Waals surface area contributed by atoms with Crippen molar-refractivity contribution in [3.63, 3.8) is 0 Å². The van der Waals surface area contributed by atoms with Crippen molar-refractivity contribution >= 4 is 40.7 Å². The summed E-state index contributed by atoms with van der Waals surface area (Å²) in [6, 6.07) is 11.6. The molecule has 8 nitrogen and oxygen atoms in total. The second kappa shape index (κ2) is 9.85. The molecule has 0 bridgehead atoms. The summed E-state index contributed by atoms with van der Waals surface area (Å²) < 4.78 is 10.6. The number of Topliss-reactive ketones (excluding diaryl/α,β-unsaturated/α-hetero) is 1. The van der Waals surface area contributed by atoms with Crippen molar-refractivity contribution in [2.75, 3.05) is 14.2 Å². The Labute approximate surface area is 210 Å². The number of amides is 1. The second-order valence-electron chi connectivity index (χ2n) is 7.63. The number of aliphatic hydroxyl groups is 1. The van der Waals surface area contributed by atoms with Gasteiger partial charge < -0.3 is 24.6 Å². The van der Waals surface area contributed by atoms with Crippen LogP contribution in [0.5, 0.6) is 17.2 Å². The summed E-state index contributed by atoms with van der Waals surface area (Å²) in [6.45, 7) is 0.00892. The zero-order valence-corrected chi connectivity index (χ0v) is 20.2. The SMILES string of the molecule is COc1c(Cl)cc(/C(O)=C2\C(=O)C(=O)N(Cc3ccccn3)C2c2ccc(O)cc2)c(OC)c1Cl. The summed E-state index contributed by atoms with van der Waals surface area (Å²) >= 11 is 12.7. The third-order valence-corrected chi connectivity index (χ3v) is 6.23. The first-order valence-corrected chi connectivity index (χ1v) is 11.1. The average Bonchev–Trinajstić information content (AvgIpc) is 3.09. The molecule has 10 heteroatoms. The second-order valence-corrected chi connectivity index (χ2v) is 8.41. The van der Waals surface area contributed by atoms with Gasteiger partial charge in [0.2, 0.25) is 0 Å². The number of hydrogen-bond donors (Lipinski definition) is 2. The zero-order valence-electron chi connectivity index (χ0n) is 18.7. The van der Waals surface area contributed by atoms with Gasteiger partial charge in [-0.1, -0.05) is 41.4 Å². The van der Waals surface area contributed by atoms with Gasteiger partial charge in [-0.05, 0) is 35.9 Å². The number of methoxy groups -OCH3 is 2. The molecule has 0 saturated carbocycles. The smallest absolute Gasteiger partial charge is 0.296 e. The maximum Gasteiger partial charge on any atom is 0.296 e. The fraction of sp³-hybridized carbons (Fsp3) is 0.160. The summed E-state index contributed by atoms with van der Waals surface area (Å²) in [5.74, 6) is -2.08. The number of ketones is 1. The van der Waals surface area contributed by atoms with Crippen molar-refractivity contribution in [3.8, 4) is 17.2 Å². The van der Waals surface area contributed by atoms with Crippen LogP contribution in [-0.4, -0.2) is 46.0 Å². The van der Waals surface area contributed by atoms with E-state index in [-0.39, 0.29) is 45.0 Å². The maximum absolute atomic E-state index is 13.3. The molecule has 1 aromatic heterocycles. The number of phenols is 1. The molecule has 0 aliphatic carbocycles. The van der Waals surface area contributed by atoms with Gasteiger partial charge in [0.1, 0.15) is 16.5 Å². The predicted octanol–water partition coefficient (Wildman–Crippen LogP) is 4.73. The zero-order chi connectivity index (χ0) is 25.3. The Morgan fingerprint density at radius 2 is 1.74 bits per heavy atom. The topological polar surface area (TPSA) is 109 Å². The standard InChI is InChI=1S/C25H20Cl2N2O6/c1-34-23-16(11-17(26)24(35-2)19(23)27)21(31)18-20(13-6-8-15(30)9-7-13)29(25(33)22(18)32)12-14-5-3-4-10-28-14/h3-11,20,30-31H,12H2,1-2H3/b21-18+. The highest BCUT2D eigenvalue weighted by molar-refractivity contribution is 6.47. The monoisotopic (exact) mass is 514 g/mol. The summed E-state index contributed by atoms with van der Waals surface area (Å²) in [4.78, 5) is 32.0. The highest BCUT2D eigenvalue weighted by atomic mass is 35.5. The summed E-state index contributed by atoms with van der Waals surface area (Å²) in [5, 5.41) is 21.2. The van der Waals surface area contributed by atoms with E-state index in [2.05, 4.69) is 4.98 Å². The molecule has 3 aromatic rings. The van der Waals surface area contributed by atoms with Gasteiger partial charge in [-0.3, -0.25) is 14.6 Å². The van der Waals surface area contributed by atoms with E-state index < -0.39 is 23.5 Å². The van der Waals surface area contributed by atoms with Crippen molar-refractivity contribution in [1.82, 2.24) is 9.88 Å². The normalized spacial score (nSPS) is 17.0. The molecule has 1 atom stereocenters. The van der Waals surface area contributed by atoms with Crippen LogP contribution in [0.2, 0.25) is 10.0 Å². The molecule has 1 fully saturated rings. The first kappa shape index (κ1) is 24.4. The van der Waals surface area contributed by atoms with Crippen molar-refractivity contribution in [1.29, 1.82) is 0 Å². The van der Waals surface area contributed by atoms with Crippen LogP contribution in [0.3, 0.4) is 0 Å². The summed E-state index contributed by atoms with van der Waals surface area (Å²) in [5.41, 5.74) is 0.866. The van der Waals surface area contributed by atoms with Gasteiger partial charge in [-0.15, -0.1) is 0 Å². The van der Waals surface area contributed by atoms with Gasteiger partial charge in [0.15, 0.2) is 11.5 Å². The highest BCUT2D eigenvalue weighted by Gasteiger charge is 2.46. The molecule has 1 aliphatic rings. The number of carbonyl (C=O) groups excluding carboxylic acids is 2. The third-order valence-electron chi connectivity index (χ3n) is 5.60. The van der Waals surface area contributed by atoms with Crippen LogP contribution in [0, 0.1) is 0 Å². The molecular formula is C25H20Cl2N2O6. The number of ether oxygens (including phenoxy) is 2. The first-order chi connectivity index (χ1) is 16.8. The number of rotatable bonds is 6. The van der Waals surface area contributed by atoms with Crippen molar-refractivity contribution in [3.05, 3.63) is 87.2 Å². The number of benzene rings is 2. The number of aliphatic hydroxyl groups excluding tert-OH is 1. The molecule has 4 rings (SSSR count). The van der Waals surface area contributed by atoms with E-state index in [1.807, 2.05) is 0 Å². The van der Waals surface area contributed by atoms with E-state index >= 15 is 0 Å². The molecular weight excluding hydrogens is 495 g/mol. The lowest BCUT2D eigenvalue weighted by Gasteiger charge is -2.25. The van der Waals surface area contributed by atoms with Crippen LogP contribution in [-0.2, 0) is 16.1 Å². The number of hydrogen-bond acceptors (Lipinski definition) is 7.